The Hall–Kier alpha value is -3.26. The smallest absolute Gasteiger partial charge is 0.306 e. The summed E-state index contributed by atoms with van der Waals surface area (Å²) in [4.78, 5) is 23.6. The summed E-state index contributed by atoms with van der Waals surface area (Å²) in [5.41, 5.74) is 4.60. The minimum atomic E-state index is -0.177. The second kappa shape index (κ2) is 11.0. The van der Waals surface area contributed by atoms with E-state index in [1.54, 1.807) is 11.0 Å². The molecular weight excluding hydrogens is 440 g/mol. The van der Waals surface area contributed by atoms with E-state index in [4.69, 9.17) is 9.72 Å². The van der Waals surface area contributed by atoms with Gasteiger partial charge in [0.2, 0.25) is 0 Å². The number of rotatable bonds is 9. The van der Waals surface area contributed by atoms with Crippen molar-refractivity contribution < 1.29 is 9.53 Å². The van der Waals surface area contributed by atoms with Crippen LogP contribution in [0.25, 0.3) is 5.69 Å². The van der Waals surface area contributed by atoms with Gasteiger partial charge in [-0.1, -0.05) is 18.2 Å². The molecule has 3 aromatic rings. The number of likely N-dealkylation sites (tertiary alicyclic amines) is 1. The number of hydrogen-bond donors (Lipinski definition) is 1. The van der Waals surface area contributed by atoms with Gasteiger partial charge in [0, 0.05) is 31.2 Å². The summed E-state index contributed by atoms with van der Waals surface area (Å²) in [6.07, 6.45) is 9.24. The molecule has 2 aromatic heterocycles. The molecule has 2 atom stereocenters. The van der Waals surface area contributed by atoms with Gasteiger partial charge >= 0.3 is 5.97 Å². The predicted octanol–water partition coefficient (Wildman–Crippen LogP) is 3.62. The van der Waals surface area contributed by atoms with E-state index in [0.717, 1.165) is 62.5 Å². The van der Waals surface area contributed by atoms with E-state index >= 15 is 0 Å². The highest BCUT2D eigenvalue weighted by atomic mass is 16.5. The number of esters is 1. The maximum Gasteiger partial charge on any atom is 0.306 e. The van der Waals surface area contributed by atoms with E-state index in [9.17, 15) is 4.79 Å². The number of pyridine rings is 1. The summed E-state index contributed by atoms with van der Waals surface area (Å²) in [7, 11) is 1.46. The predicted molar refractivity (Wildman–Crippen MR) is 135 cm³/mol. The van der Waals surface area contributed by atoms with E-state index in [-0.39, 0.29) is 11.9 Å². The summed E-state index contributed by atoms with van der Waals surface area (Å²) in [5.74, 6) is 1.63. The third-order valence-corrected chi connectivity index (χ3v) is 7.27. The van der Waals surface area contributed by atoms with Crippen molar-refractivity contribution in [2.75, 3.05) is 38.6 Å². The molecule has 1 N–H and O–H groups in total. The van der Waals surface area contributed by atoms with Crippen molar-refractivity contribution in [2.45, 2.75) is 44.4 Å². The molecule has 8 heteroatoms. The SMILES string of the molecule is COC(=O)CC(CN1CCC(CCc2ccc3c(n2)NCCC3)C1)c1cccc(-n2cncn2)c1. The molecule has 4 heterocycles. The van der Waals surface area contributed by atoms with Gasteiger partial charge in [0.05, 0.1) is 19.2 Å². The molecule has 0 aliphatic carbocycles. The van der Waals surface area contributed by atoms with Crippen LogP contribution in [0.1, 0.15) is 48.4 Å². The van der Waals surface area contributed by atoms with Crippen LogP contribution in [-0.4, -0.2) is 63.9 Å². The average Bonchev–Trinajstić information content (AvgIpc) is 3.60. The van der Waals surface area contributed by atoms with Crippen LogP contribution in [0.5, 0.6) is 0 Å². The van der Waals surface area contributed by atoms with Gasteiger partial charge in [-0.25, -0.2) is 14.6 Å². The Balaban J connectivity index is 1.20. The van der Waals surface area contributed by atoms with E-state index in [1.807, 2.05) is 12.1 Å². The largest absolute Gasteiger partial charge is 0.469 e. The Morgan fingerprint density at radius 3 is 3.09 bits per heavy atom. The van der Waals surface area contributed by atoms with E-state index < -0.39 is 0 Å². The van der Waals surface area contributed by atoms with Crippen LogP contribution in [0.3, 0.4) is 0 Å². The Kier molecular flexibility index (Phi) is 7.37. The molecule has 2 aliphatic heterocycles. The first-order chi connectivity index (χ1) is 17.2. The second-order valence-corrected chi connectivity index (χ2v) is 9.71. The first-order valence-corrected chi connectivity index (χ1v) is 12.6. The third kappa shape index (κ3) is 5.88. The van der Waals surface area contributed by atoms with Gasteiger partial charge < -0.3 is 15.0 Å². The molecule has 184 valence electrons. The molecule has 2 unspecified atom stereocenters. The van der Waals surface area contributed by atoms with Crippen molar-refractivity contribution in [1.29, 1.82) is 0 Å². The maximum absolute atomic E-state index is 12.2. The van der Waals surface area contributed by atoms with E-state index in [0.29, 0.717) is 12.3 Å². The lowest BCUT2D eigenvalue weighted by Gasteiger charge is -2.24. The fraction of sp³-hybridized carbons (Fsp3) is 0.481. The number of nitrogens with zero attached hydrogens (tertiary/aromatic N) is 5. The molecule has 5 rings (SSSR count). The van der Waals surface area contributed by atoms with Crippen molar-refractivity contribution in [3.8, 4) is 5.69 Å². The number of hydrogen-bond acceptors (Lipinski definition) is 7. The standard InChI is InChI=1S/C27H34N6O2/c1-35-26(34)15-23(22-4-2-6-25(14-22)33-19-28-18-30-33)17-32-13-11-20(16-32)7-9-24-10-8-21-5-3-12-29-27(21)31-24/h2,4,6,8,10,14,18-20,23H,3,5,7,9,11-13,15-17H2,1H3,(H,29,31). The van der Waals surface area contributed by atoms with Crippen molar-refractivity contribution in [3.05, 3.63) is 65.9 Å². The van der Waals surface area contributed by atoms with Crippen LogP contribution in [0.15, 0.2) is 49.1 Å². The Labute approximate surface area is 206 Å². The van der Waals surface area contributed by atoms with Crippen LogP contribution in [0.4, 0.5) is 5.82 Å². The number of fused-ring (bicyclic) bond motifs is 1. The van der Waals surface area contributed by atoms with Crippen LogP contribution in [0.2, 0.25) is 0 Å². The zero-order valence-electron chi connectivity index (χ0n) is 20.4. The van der Waals surface area contributed by atoms with Crippen LogP contribution < -0.4 is 5.32 Å². The van der Waals surface area contributed by atoms with Gasteiger partial charge in [0.25, 0.3) is 0 Å². The van der Waals surface area contributed by atoms with Crippen molar-refractivity contribution >= 4 is 11.8 Å². The molecule has 0 spiro atoms. The van der Waals surface area contributed by atoms with Crippen molar-refractivity contribution in [1.82, 2.24) is 24.6 Å². The molecule has 2 aliphatic rings. The minimum Gasteiger partial charge on any atom is -0.469 e. The minimum absolute atomic E-state index is 0.0676. The second-order valence-electron chi connectivity index (χ2n) is 9.71. The number of carbonyl (C=O) groups is 1. The molecule has 0 bridgehead atoms. The average molecular weight is 475 g/mol. The topological polar surface area (TPSA) is 85.2 Å². The Morgan fingerprint density at radius 2 is 2.23 bits per heavy atom. The normalized spacial score (nSPS) is 18.6. The van der Waals surface area contributed by atoms with Gasteiger partial charge in [0.1, 0.15) is 18.5 Å². The van der Waals surface area contributed by atoms with Gasteiger partial charge in [-0.2, -0.15) is 5.10 Å². The molecular formula is C27H34N6O2. The first kappa shape index (κ1) is 23.5. The first-order valence-electron chi connectivity index (χ1n) is 12.6. The number of ether oxygens (including phenoxy) is 1. The summed E-state index contributed by atoms with van der Waals surface area (Å²) in [5, 5.41) is 7.68. The van der Waals surface area contributed by atoms with Gasteiger partial charge in [-0.15, -0.1) is 0 Å². The highest BCUT2D eigenvalue weighted by Gasteiger charge is 2.27. The fourth-order valence-corrected chi connectivity index (χ4v) is 5.32. The Morgan fingerprint density at radius 1 is 1.29 bits per heavy atom. The number of carbonyl (C=O) groups excluding carboxylic acids is 1. The zero-order valence-corrected chi connectivity index (χ0v) is 20.4. The monoisotopic (exact) mass is 474 g/mol. The van der Waals surface area contributed by atoms with E-state index in [1.165, 1.54) is 37.5 Å². The van der Waals surface area contributed by atoms with Gasteiger partial charge in [-0.3, -0.25) is 4.79 Å². The van der Waals surface area contributed by atoms with Crippen LogP contribution in [0, 0.1) is 5.92 Å². The highest BCUT2D eigenvalue weighted by molar-refractivity contribution is 5.70. The van der Waals surface area contributed by atoms with Gasteiger partial charge in [-0.05, 0) is 73.9 Å². The lowest BCUT2D eigenvalue weighted by atomic mass is 9.94. The summed E-state index contributed by atoms with van der Waals surface area (Å²) < 4.78 is 6.77. The summed E-state index contributed by atoms with van der Waals surface area (Å²) in [6.45, 7) is 3.98. The molecule has 1 aromatic carbocycles. The number of anilines is 1. The third-order valence-electron chi connectivity index (χ3n) is 7.27. The number of aromatic nitrogens is 4. The zero-order chi connectivity index (χ0) is 24.0. The molecule has 0 saturated carbocycles. The van der Waals surface area contributed by atoms with Crippen LogP contribution in [-0.2, 0) is 22.4 Å². The highest BCUT2D eigenvalue weighted by Crippen LogP contribution is 2.29. The number of aryl methyl sites for hydroxylation is 2. The lowest BCUT2D eigenvalue weighted by molar-refractivity contribution is -0.141. The molecule has 8 nitrogen and oxygen atoms in total. The quantitative estimate of drug-likeness (QED) is 0.474. The van der Waals surface area contributed by atoms with E-state index in [2.05, 4.69) is 44.6 Å². The molecule has 1 fully saturated rings. The van der Waals surface area contributed by atoms with Gasteiger partial charge in [0.15, 0.2) is 0 Å². The molecule has 0 amide bonds. The number of benzene rings is 1. The number of methoxy groups -OCH3 is 1. The summed E-state index contributed by atoms with van der Waals surface area (Å²) in [6, 6.07) is 12.7. The maximum atomic E-state index is 12.2. The molecule has 0 radical (unpaired) electrons. The van der Waals surface area contributed by atoms with Crippen LogP contribution >= 0.6 is 0 Å². The summed E-state index contributed by atoms with van der Waals surface area (Å²) >= 11 is 0. The van der Waals surface area contributed by atoms with Crippen molar-refractivity contribution in [2.24, 2.45) is 5.92 Å². The number of nitrogens with one attached hydrogen (secondary N) is 1. The van der Waals surface area contributed by atoms with Crippen molar-refractivity contribution in [3.63, 3.8) is 0 Å². The fourth-order valence-electron chi connectivity index (χ4n) is 5.32. The molecule has 35 heavy (non-hydrogen) atoms. The lowest BCUT2D eigenvalue weighted by Crippen LogP contribution is -2.28. The Bertz CT molecular complexity index is 1130. The molecule has 1 saturated heterocycles.